The van der Waals surface area contributed by atoms with E-state index in [0.717, 1.165) is 24.0 Å². The van der Waals surface area contributed by atoms with Crippen LogP contribution in [0.4, 0.5) is 5.69 Å². The highest BCUT2D eigenvalue weighted by atomic mass is 32.2. The van der Waals surface area contributed by atoms with Crippen LogP contribution in [0.25, 0.3) is 0 Å². The molecule has 1 aromatic carbocycles. The third kappa shape index (κ3) is 2.37. The van der Waals surface area contributed by atoms with Gasteiger partial charge in [-0.2, -0.15) is 4.31 Å². The van der Waals surface area contributed by atoms with E-state index in [4.69, 9.17) is 5.73 Å². The Bertz CT molecular complexity index is 583. The highest BCUT2D eigenvalue weighted by Crippen LogP contribution is 2.36. The monoisotopic (exact) mass is 282 g/mol. The first kappa shape index (κ1) is 14.3. The molecule has 19 heavy (non-hydrogen) atoms. The molecule has 0 amide bonds. The summed E-state index contributed by atoms with van der Waals surface area (Å²) in [4.78, 5) is 0.414. The number of aryl methyl sites for hydroxylation is 2. The molecule has 1 heterocycles. The maximum Gasteiger partial charge on any atom is 0.244 e. The van der Waals surface area contributed by atoms with Crippen LogP contribution >= 0.6 is 0 Å². The summed E-state index contributed by atoms with van der Waals surface area (Å²) in [5, 5.41) is 0. The van der Waals surface area contributed by atoms with E-state index in [1.807, 2.05) is 13.8 Å². The Hall–Kier alpha value is -1.07. The summed E-state index contributed by atoms with van der Waals surface area (Å²) in [6.45, 7) is 8.18. The summed E-state index contributed by atoms with van der Waals surface area (Å²) in [6, 6.07) is 3.45. The molecule has 4 nitrogen and oxygen atoms in total. The molecule has 2 N–H and O–H groups in total. The lowest BCUT2D eigenvalue weighted by atomic mass is 10.0. The van der Waals surface area contributed by atoms with Crippen LogP contribution in [0, 0.1) is 13.8 Å². The van der Waals surface area contributed by atoms with E-state index >= 15 is 0 Å². The molecule has 0 aromatic heterocycles. The lowest BCUT2D eigenvalue weighted by Crippen LogP contribution is -2.43. The fourth-order valence-corrected chi connectivity index (χ4v) is 5.29. The van der Waals surface area contributed by atoms with E-state index in [9.17, 15) is 8.42 Å². The van der Waals surface area contributed by atoms with E-state index in [2.05, 4.69) is 0 Å². The minimum atomic E-state index is -3.45. The van der Waals surface area contributed by atoms with Crippen LogP contribution in [0.5, 0.6) is 0 Å². The third-order valence-corrected chi connectivity index (χ3v) is 6.27. The van der Waals surface area contributed by atoms with Crippen molar-refractivity contribution in [1.29, 1.82) is 0 Å². The number of hydrogen-bond donors (Lipinski definition) is 1. The number of anilines is 1. The molecule has 5 heteroatoms. The molecular weight excluding hydrogens is 260 g/mol. The number of nitrogens with zero attached hydrogens (tertiary/aromatic N) is 1. The van der Waals surface area contributed by atoms with Gasteiger partial charge in [0.05, 0.1) is 4.90 Å². The van der Waals surface area contributed by atoms with Gasteiger partial charge in [0.2, 0.25) is 10.0 Å². The highest BCUT2D eigenvalue weighted by Gasteiger charge is 2.41. The number of hydrogen-bond acceptors (Lipinski definition) is 3. The van der Waals surface area contributed by atoms with Crippen molar-refractivity contribution in [2.75, 3.05) is 12.3 Å². The van der Waals surface area contributed by atoms with Gasteiger partial charge < -0.3 is 5.73 Å². The van der Waals surface area contributed by atoms with Gasteiger partial charge in [-0.25, -0.2) is 8.42 Å². The third-order valence-electron chi connectivity index (χ3n) is 3.86. The second kappa shape index (κ2) is 4.49. The first-order chi connectivity index (χ1) is 8.66. The number of nitrogen functional groups attached to an aromatic ring is 1. The van der Waals surface area contributed by atoms with Crippen molar-refractivity contribution in [2.24, 2.45) is 0 Å². The van der Waals surface area contributed by atoms with Gasteiger partial charge in [-0.15, -0.1) is 0 Å². The molecule has 1 aliphatic rings. The summed E-state index contributed by atoms with van der Waals surface area (Å²) >= 11 is 0. The Morgan fingerprint density at radius 1 is 1.21 bits per heavy atom. The fraction of sp³-hybridized carbons (Fsp3) is 0.571. The Balaban J connectivity index is 2.58. The average Bonchev–Trinajstić information content (AvgIpc) is 2.56. The van der Waals surface area contributed by atoms with E-state index in [-0.39, 0.29) is 5.54 Å². The minimum Gasteiger partial charge on any atom is -0.399 e. The van der Waals surface area contributed by atoms with Gasteiger partial charge in [0.25, 0.3) is 0 Å². The number of benzene rings is 1. The molecule has 2 rings (SSSR count). The lowest BCUT2D eigenvalue weighted by molar-refractivity contribution is 0.291. The summed E-state index contributed by atoms with van der Waals surface area (Å²) in [6.07, 6.45) is 1.82. The molecular formula is C14H22N2O2S. The average molecular weight is 282 g/mol. The number of nitrogens with two attached hydrogens (primary N) is 1. The molecule has 0 bridgehead atoms. The summed E-state index contributed by atoms with van der Waals surface area (Å²) < 4.78 is 27.4. The van der Waals surface area contributed by atoms with Crippen LogP contribution in [0.3, 0.4) is 0 Å². The quantitative estimate of drug-likeness (QED) is 0.847. The zero-order valence-corrected chi connectivity index (χ0v) is 12.8. The predicted octanol–water partition coefficient (Wildman–Crippen LogP) is 2.45. The van der Waals surface area contributed by atoms with Gasteiger partial charge in [-0.1, -0.05) is 0 Å². The van der Waals surface area contributed by atoms with Gasteiger partial charge in [0.15, 0.2) is 0 Å². The molecule has 0 saturated carbocycles. The fourth-order valence-electron chi connectivity index (χ4n) is 3.03. The summed E-state index contributed by atoms with van der Waals surface area (Å²) in [5.74, 6) is 0. The molecule has 1 aromatic rings. The maximum absolute atomic E-state index is 12.9. The van der Waals surface area contributed by atoms with Gasteiger partial charge in [0, 0.05) is 17.8 Å². The van der Waals surface area contributed by atoms with Crippen molar-refractivity contribution >= 4 is 15.7 Å². The Labute approximate surface area is 115 Å². The first-order valence-electron chi connectivity index (χ1n) is 6.56. The predicted molar refractivity (Wildman–Crippen MR) is 77.5 cm³/mol. The Kier molecular flexibility index (Phi) is 3.39. The smallest absolute Gasteiger partial charge is 0.244 e. The standard InChI is InChI=1S/C14H22N2O2S/c1-10-8-12(15)9-11(2)13(10)19(17,18)16-7-5-6-14(16,3)4/h8-9H,5-7,15H2,1-4H3. The van der Waals surface area contributed by atoms with E-state index in [1.54, 1.807) is 30.3 Å². The van der Waals surface area contributed by atoms with E-state index in [1.165, 1.54) is 0 Å². The van der Waals surface area contributed by atoms with Crippen LogP contribution < -0.4 is 5.73 Å². The van der Waals surface area contributed by atoms with Crippen molar-refractivity contribution < 1.29 is 8.42 Å². The Morgan fingerprint density at radius 3 is 2.16 bits per heavy atom. The van der Waals surface area contributed by atoms with Crippen LogP contribution in [-0.2, 0) is 10.0 Å². The minimum absolute atomic E-state index is 0.306. The maximum atomic E-state index is 12.9. The van der Waals surface area contributed by atoms with Gasteiger partial charge in [-0.3, -0.25) is 0 Å². The number of sulfonamides is 1. The zero-order valence-electron chi connectivity index (χ0n) is 12.0. The summed E-state index contributed by atoms with van der Waals surface area (Å²) in [5.41, 5.74) is 7.51. The molecule has 0 atom stereocenters. The van der Waals surface area contributed by atoms with Gasteiger partial charge >= 0.3 is 0 Å². The molecule has 0 spiro atoms. The van der Waals surface area contributed by atoms with Crippen molar-refractivity contribution in [3.8, 4) is 0 Å². The van der Waals surface area contributed by atoms with Crippen molar-refractivity contribution in [1.82, 2.24) is 4.31 Å². The topological polar surface area (TPSA) is 63.4 Å². The molecule has 0 aliphatic carbocycles. The molecule has 0 unspecified atom stereocenters. The molecule has 0 radical (unpaired) electrons. The van der Waals surface area contributed by atoms with Crippen molar-refractivity contribution in [2.45, 2.75) is 51.0 Å². The molecule has 1 aliphatic heterocycles. The van der Waals surface area contributed by atoms with Gasteiger partial charge in [-0.05, 0) is 63.8 Å². The lowest BCUT2D eigenvalue weighted by Gasteiger charge is -2.31. The van der Waals surface area contributed by atoms with E-state index < -0.39 is 10.0 Å². The molecule has 106 valence electrons. The van der Waals surface area contributed by atoms with E-state index in [0.29, 0.717) is 17.1 Å². The normalized spacial score (nSPS) is 19.8. The SMILES string of the molecule is Cc1cc(N)cc(C)c1S(=O)(=O)N1CCCC1(C)C. The van der Waals surface area contributed by atoms with Crippen LogP contribution in [0.15, 0.2) is 17.0 Å². The summed E-state index contributed by atoms with van der Waals surface area (Å²) in [7, 11) is -3.45. The van der Waals surface area contributed by atoms with Crippen molar-refractivity contribution in [3.63, 3.8) is 0 Å². The van der Waals surface area contributed by atoms with Crippen LogP contribution in [0.1, 0.15) is 37.8 Å². The number of rotatable bonds is 2. The first-order valence-corrected chi connectivity index (χ1v) is 8.00. The highest BCUT2D eigenvalue weighted by molar-refractivity contribution is 7.89. The van der Waals surface area contributed by atoms with Gasteiger partial charge in [0.1, 0.15) is 0 Å². The van der Waals surface area contributed by atoms with Crippen LogP contribution in [0.2, 0.25) is 0 Å². The molecule has 1 saturated heterocycles. The zero-order chi connectivity index (χ0) is 14.4. The van der Waals surface area contributed by atoms with Crippen molar-refractivity contribution in [3.05, 3.63) is 23.3 Å². The second-order valence-electron chi connectivity index (χ2n) is 5.98. The largest absolute Gasteiger partial charge is 0.399 e. The van der Waals surface area contributed by atoms with Crippen LogP contribution in [-0.4, -0.2) is 24.8 Å². The Morgan fingerprint density at radius 2 is 1.74 bits per heavy atom. The molecule has 1 fully saturated rings. The second-order valence-corrected chi connectivity index (χ2v) is 7.78.